The summed E-state index contributed by atoms with van der Waals surface area (Å²) in [6.45, 7) is 9.75. The third-order valence-electron chi connectivity index (χ3n) is 21.7. The summed E-state index contributed by atoms with van der Waals surface area (Å²) in [4.78, 5) is 149. The van der Waals surface area contributed by atoms with Gasteiger partial charge in [-0.25, -0.2) is 4.79 Å². The summed E-state index contributed by atoms with van der Waals surface area (Å²) in [5.41, 5.74) is 0.123. The number of amides is 8. The second kappa shape index (κ2) is 35.1. The van der Waals surface area contributed by atoms with E-state index in [1.54, 1.807) is 26.0 Å². The largest absolute Gasteiger partial charge is 0.508 e. The van der Waals surface area contributed by atoms with Gasteiger partial charge < -0.3 is 118 Å². The highest BCUT2D eigenvalue weighted by Gasteiger charge is 2.60. The molecule has 1 spiro atoms. The molecule has 8 aliphatic rings. The lowest BCUT2D eigenvalue weighted by molar-refractivity contribution is -0.330. The van der Waals surface area contributed by atoms with Crippen LogP contribution in [0, 0.1) is 11.8 Å². The molecule has 1 aromatic heterocycles. The molecule has 2 saturated heterocycles. The van der Waals surface area contributed by atoms with Crippen molar-refractivity contribution in [2.45, 2.75) is 183 Å². The van der Waals surface area contributed by atoms with Crippen LogP contribution < -0.4 is 68.2 Å². The van der Waals surface area contributed by atoms with E-state index in [-0.39, 0.29) is 92.6 Å². The number of primary amides is 1. The van der Waals surface area contributed by atoms with Crippen LogP contribution in [-0.4, -0.2) is 183 Å². The first-order chi connectivity index (χ1) is 56.8. The predicted molar refractivity (Wildman–Crippen MR) is 426 cm³/mol. The fourth-order valence-electron chi connectivity index (χ4n) is 15.3. The van der Waals surface area contributed by atoms with E-state index in [1.807, 2.05) is 13.8 Å². The van der Waals surface area contributed by atoms with Gasteiger partial charge in [-0.05, 0) is 134 Å². The summed E-state index contributed by atoms with van der Waals surface area (Å²) in [5.74, 6) is -15.1. The number of carbonyl (C=O) groups is 9. The lowest BCUT2D eigenvalue weighted by atomic mass is 9.85. The molecule has 120 heavy (non-hydrogen) atoms. The zero-order valence-electron chi connectivity index (χ0n) is 64.8. The van der Waals surface area contributed by atoms with Gasteiger partial charge in [0.2, 0.25) is 59.3 Å². The van der Waals surface area contributed by atoms with E-state index in [0.717, 1.165) is 54.6 Å². The Balaban J connectivity index is 0.928. The van der Waals surface area contributed by atoms with Gasteiger partial charge >= 0.3 is 5.69 Å². The Kier molecular flexibility index (Phi) is 25.5. The van der Waals surface area contributed by atoms with Crippen LogP contribution in [0.4, 0.5) is 5.82 Å². The summed E-state index contributed by atoms with van der Waals surface area (Å²) in [6, 6.07) is 9.82. The number of nitrogens with one attached hydrogen (secondary N) is 8. The van der Waals surface area contributed by atoms with Crippen LogP contribution in [0.3, 0.4) is 0 Å². The number of nitrogens with zero attached hydrogens (tertiary/aromatic N) is 2. The van der Waals surface area contributed by atoms with Gasteiger partial charge in [0.05, 0.1) is 51.2 Å². The van der Waals surface area contributed by atoms with Gasteiger partial charge in [0.15, 0.2) is 29.7 Å². The highest BCUT2D eigenvalue weighted by atomic mass is 35.5. The number of hydrogen-bond acceptors (Lipinski definition) is 26. The number of fused-ring (bicyclic) bond motifs is 16. The van der Waals surface area contributed by atoms with E-state index in [2.05, 4.69) is 47.5 Å². The molecule has 1 saturated carbocycles. The maximum atomic E-state index is 16.2. The molecule has 3 fully saturated rings. The minimum Gasteiger partial charge on any atom is -0.508 e. The molecule has 15 rings (SSSR count). The number of ether oxygens (including phenoxy) is 6. The number of aliphatic hydroxyl groups excluding tert-OH is 5. The second-order valence-electron chi connectivity index (χ2n) is 31.0. The highest BCUT2D eigenvalue weighted by Crippen LogP contribution is 2.53. The number of phenolic OH excluding ortho intramolecular Hbond substituents is 3. The molecule has 35 nitrogen and oxygen atoms in total. The molecule has 39 heteroatoms. The Morgan fingerprint density at radius 2 is 1.32 bits per heavy atom. The van der Waals surface area contributed by atoms with Crippen LogP contribution in [0.2, 0.25) is 20.1 Å². The van der Waals surface area contributed by atoms with Crippen molar-refractivity contribution in [1.82, 2.24) is 46.8 Å². The van der Waals surface area contributed by atoms with Crippen molar-refractivity contribution in [1.29, 1.82) is 0 Å². The number of anilines is 1. The fraction of sp³-hybridized carbons (Fsp3) is 0.395. The third kappa shape index (κ3) is 18.4. The van der Waals surface area contributed by atoms with Gasteiger partial charge in [-0.2, -0.15) is 4.98 Å². The molecule has 1 unspecified atom stereocenters. The molecular weight excluding hydrogens is 1650 g/mol. The Hall–Kier alpha value is -10.8. The molecule has 18 N–H and O–H groups in total. The summed E-state index contributed by atoms with van der Waals surface area (Å²) in [6.07, 6.45) is -17.0. The Morgan fingerprint density at radius 1 is 0.675 bits per heavy atom. The Morgan fingerprint density at radius 3 is 1.95 bits per heavy atom. The smallest absolute Gasteiger partial charge is 0.349 e. The second-order valence-corrected chi connectivity index (χ2v) is 32.7. The van der Waals surface area contributed by atoms with Crippen molar-refractivity contribution < 1.29 is 112 Å². The molecule has 11 bridgehead atoms. The third-order valence-corrected chi connectivity index (χ3v) is 23.0. The van der Waals surface area contributed by atoms with Crippen molar-refractivity contribution in [2.75, 3.05) is 11.9 Å². The number of phenols is 3. The van der Waals surface area contributed by atoms with Gasteiger partial charge in [0.25, 0.3) is 0 Å². The van der Waals surface area contributed by atoms with Crippen LogP contribution in [-0.2, 0) is 75.9 Å². The van der Waals surface area contributed by atoms with Crippen LogP contribution in [0.15, 0.2) is 114 Å². The fourth-order valence-corrected chi connectivity index (χ4v) is 16.0. The van der Waals surface area contributed by atoms with E-state index in [9.17, 15) is 69.6 Å². The molecule has 636 valence electrons. The number of aromatic nitrogens is 2. The van der Waals surface area contributed by atoms with Gasteiger partial charge in [-0.15, -0.1) is 0 Å². The zero-order valence-corrected chi connectivity index (χ0v) is 67.8. The molecule has 18 atom stereocenters. The summed E-state index contributed by atoms with van der Waals surface area (Å²) in [7, 11) is 0. The van der Waals surface area contributed by atoms with Gasteiger partial charge in [0, 0.05) is 66.3 Å². The normalized spacial score (nSPS) is 27.6. The SMILES string of the molecule is CC(C)C[C@@H](C)C(=O)N[C@H]1C(=O)N[C@@H](CC(N)=O)C(=O)N[C@H]2C(=O)N[C@H]3C(=O)N[C@H](C(=O)NC4(CC4=O)c4cc(O)cc(O)c4-c4cc3ccc4O)[C@H](O)c3ccc(c(Cl)c3)Oc3cc2cc(c3O[C@@H]2O[C@H](C)[C@@H](O)[C@H](O)[C@H]2O[C@H]2C[C@](C)(NCCn3ccc(NC(=O)Cc4ccc(Cl)c(Cl)c4)nc3=O)[C@H](O)[C@H](C)O2)Oc2ccc(cc2Cl)[C@H]1O. The Bertz CT molecular complexity index is 5340. The first-order valence-electron chi connectivity index (χ1n) is 38.0. The highest BCUT2D eigenvalue weighted by molar-refractivity contribution is 6.42. The minimum absolute atomic E-state index is 0.00418. The van der Waals surface area contributed by atoms with Gasteiger partial charge in [-0.1, -0.05) is 91.4 Å². The number of aromatic hydroxyl groups is 3. The van der Waals surface area contributed by atoms with E-state index >= 15 is 19.2 Å². The molecule has 1 aliphatic carbocycles. The van der Waals surface area contributed by atoms with Crippen LogP contribution >= 0.6 is 46.4 Å². The monoisotopic (exact) mass is 1740 g/mol. The van der Waals surface area contributed by atoms with Crippen molar-refractivity contribution in [3.63, 3.8) is 0 Å². The van der Waals surface area contributed by atoms with Crippen LogP contribution in [0.5, 0.6) is 46.0 Å². The number of benzene rings is 6. The summed E-state index contributed by atoms with van der Waals surface area (Å²) >= 11 is 26.5. The number of carbonyl (C=O) groups excluding carboxylic acids is 9. The van der Waals surface area contributed by atoms with Crippen LogP contribution in [0.25, 0.3) is 11.1 Å². The standard InChI is InChI=1S/C81H85Cl4N11O24/c1-32(2)19-33(3)72(108)93-63-66(104)38-9-13-51(46(84)23-38)117-53-25-40-26-54(69(53)120-78-70(68(106)65(103)34(4)116-78)119-59-31-80(6,71(107)35(5)115-59)87-16-18-96-17-15-57(90-79(96)114)89-58(102)21-36-7-11-44(82)45(83)20-36)118-52-14-10-39(24-47(52)85)67(105)64-77(113)95-81(30-55(81)100)43-27-41(97)28-50(99)60(43)42-22-37(8-12-49(42)98)61(74(110)94-64)92-75(111)62(40)91-73(109)48(29-56(86)101)88-76(63)112/h7-15,17,20,22-28,32-35,48,59,61-68,70-71,78,87,97-99,103-107H,16,18-19,21,29-31H2,1-6H3,(H2,86,101)(H,88,112)(H,91,109)(H,92,111)(H,93,108)(H,94,110)(H,95,113)(H,89,90,102,114)/t33-,34-,35+,48+,59+,61-,62-,63-,64+,65-,66-,67-,68+,70-,71-,78+,80+,81?/m1/s1. The maximum Gasteiger partial charge on any atom is 0.349 e. The molecule has 7 aromatic rings. The lowest BCUT2D eigenvalue weighted by Gasteiger charge is -2.48. The number of aliphatic hydroxyl groups is 5. The molecule has 6 aromatic carbocycles. The number of nitrogens with two attached hydrogens (primary N) is 1. The lowest BCUT2D eigenvalue weighted by Crippen LogP contribution is -2.65. The summed E-state index contributed by atoms with van der Waals surface area (Å²) < 4.78 is 40.9. The molecular formula is C81H85Cl4N11O24. The Labute approximate surface area is 703 Å². The minimum atomic E-state index is -2.32. The number of Topliss-reactive ketones (excluding diaryl/α,β-unsaturated/α-hetero) is 1. The topological polar surface area (TPSA) is 528 Å². The van der Waals surface area contributed by atoms with E-state index in [1.165, 1.54) is 61.0 Å². The molecule has 8 heterocycles. The number of hydrogen-bond donors (Lipinski definition) is 17. The summed E-state index contributed by atoms with van der Waals surface area (Å²) in [5, 5.41) is 116. The first-order valence-corrected chi connectivity index (χ1v) is 39.6. The van der Waals surface area contributed by atoms with Gasteiger partial charge in [-0.3, -0.25) is 47.7 Å². The number of ketones is 1. The van der Waals surface area contributed by atoms with E-state index in [4.69, 9.17) is 80.6 Å². The van der Waals surface area contributed by atoms with E-state index < -0.39 is 225 Å². The van der Waals surface area contributed by atoms with Crippen molar-refractivity contribution in [2.24, 2.45) is 17.6 Å². The number of halogens is 4. The van der Waals surface area contributed by atoms with Crippen molar-refractivity contribution >= 4 is 105 Å². The number of rotatable bonds is 17. The molecule has 7 aliphatic heterocycles. The average molecular weight is 1740 g/mol. The quantitative estimate of drug-likeness (QED) is 0.0592. The molecule has 0 radical (unpaired) electrons. The van der Waals surface area contributed by atoms with E-state index in [0.29, 0.717) is 17.0 Å². The average Bonchev–Trinajstić information content (AvgIpc) is 1.55. The molecule has 8 amide bonds. The van der Waals surface area contributed by atoms with Crippen molar-refractivity contribution in [3.05, 3.63) is 173 Å². The first kappa shape index (κ1) is 87.1. The van der Waals surface area contributed by atoms with Gasteiger partial charge in [0.1, 0.15) is 94.7 Å². The predicted octanol–water partition coefficient (Wildman–Crippen LogP) is 4.60. The van der Waals surface area contributed by atoms with Crippen LogP contribution in [0.1, 0.15) is 125 Å². The maximum absolute atomic E-state index is 16.2. The van der Waals surface area contributed by atoms with Crippen molar-refractivity contribution in [3.8, 4) is 57.1 Å². The zero-order chi connectivity index (χ0) is 86.6.